The zero-order valence-corrected chi connectivity index (χ0v) is 26.0. The van der Waals surface area contributed by atoms with Crippen molar-refractivity contribution in [3.8, 4) is 5.75 Å². The predicted octanol–water partition coefficient (Wildman–Crippen LogP) is 5.91. The van der Waals surface area contributed by atoms with Gasteiger partial charge in [0, 0.05) is 18.7 Å². The average molecular weight is 627 g/mol. The van der Waals surface area contributed by atoms with E-state index >= 15 is 0 Å². The lowest BCUT2D eigenvalue weighted by molar-refractivity contribution is -0.147. The number of amides is 2. The Hall–Kier alpha value is -2.20. The number of nitrogens with one attached hydrogen (secondary N) is 2. The van der Waals surface area contributed by atoms with Crippen molar-refractivity contribution < 1.29 is 23.9 Å². The summed E-state index contributed by atoms with van der Waals surface area (Å²) in [5.41, 5.74) is 0.384. The van der Waals surface area contributed by atoms with E-state index in [0.717, 1.165) is 19.3 Å². The molecule has 10 heteroatoms. The van der Waals surface area contributed by atoms with Crippen LogP contribution in [0.4, 0.5) is 0 Å². The van der Waals surface area contributed by atoms with Gasteiger partial charge >= 0.3 is 5.97 Å². The highest BCUT2D eigenvalue weighted by Crippen LogP contribution is 2.27. The molecule has 39 heavy (non-hydrogen) atoms. The molecule has 1 unspecified atom stereocenters. The predicted molar refractivity (Wildman–Crippen MR) is 161 cm³/mol. The second-order valence-electron chi connectivity index (χ2n) is 10.2. The molecule has 1 aromatic rings. The maximum Gasteiger partial charge on any atom is 0.308 e. The van der Waals surface area contributed by atoms with Gasteiger partial charge in [-0.05, 0) is 66.6 Å². The Morgan fingerprint density at radius 2 is 1.74 bits per heavy atom. The maximum absolute atomic E-state index is 12.8. The van der Waals surface area contributed by atoms with E-state index in [-0.39, 0.29) is 23.5 Å². The van der Waals surface area contributed by atoms with Crippen LogP contribution in [0.3, 0.4) is 0 Å². The molecule has 1 fully saturated rings. The number of hydrogen-bond donors (Lipinski definition) is 2. The number of rotatable bonds is 16. The summed E-state index contributed by atoms with van der Waals surface area (Å²) in [7, 11) is 0. The zero-order valence-electron chi connectivity index (χ0n) is 23.6. The molecule has 218 valence electrons. The van der Waals surface area contributed by atoms with Crippen molar-refractivity contribution in [2.75, 3.05) is 19.7 Å². The summed E-state index contributed by atoms with van der Waals surface area (Å²) >= 11 is 8.89. The van der Waals surface area contributed by atoms with Crippen molar-refractivity contribution >= 4 is 51.0 Å². The third kappa shape index (κ3) is 12.2. The number of carbonyl (C=O) groups excluding carboxylic acids is 3. The van der Waals surface area contributed by atoms with Gasteiger partial charge < -0.3 is 19.7 Å². The highest BCUT2D eigenvalue weighted by atomic mass is 79.9. The molecule has 1 aliphatic rings. The molecule has 1 aliphatic heterocycles. The van der Waals surface area contributed by atoms with Crippen LogP contribution in [0, 0.1) is 0 Å². The van der Waals surface area contributed by atoms with Crippen molar-refractivity contribution in [1.29, 1.82) is 0 Å². The summed E-state index contributed by atoms with van der Waals surface area (Å²) in [4.78, 5) is 39.5. The molecular formula is C29H44BrN3O5S. The van der Waals surface area contributed by atoms with Crippen molar-refractivity contribution in [1.82, 2.24) is 15.5 Å². The molecule has 2 rings (SSSR count). The second-order valence-corrected chi connectivity index (χ2v) is 11.4. The van der Waals surface area contributed by atoms with E-state index < -0.39 is 17.9 Å². The molecule has 1 saturated heterocycles. The minimum Gasteiger partial charge on any atom is -0.490 e. The Morgan fingerprint density at radius 3 is 2.36 bits per heavy atom. The molecule has 0 aromatic heterocycles. The molecular weight excluding hydrogens is 582 g/mol. The fourth-order valence-corrected chi connectivity index (χ4v) is 5.17. The number of piperazine rings is 1. The van der Waals surface area contributed by atoms with E-state index in [1.807, 2.05) is 13.8 Å². The Kier molecular flexibility index (Phi) is 15.4. The molecule has 0 spiro atoms. The Morgan fingerprint density at radius 1 is 1.10 bits per heavy atom. The van der Waals surface area contributed by atoms with Crippen molar-refractivity contribution in [3.05, 3.63) is 28.2 Å². The Balaban J connectivity index is 1.77. The topological polar surface area (TPSA) is 97.0 Å². The summed E-state index contributed by atoms with van der Waals surface area (Å²) in [6.45, 7) is 7.16. The molecule has 0 aliphatic carbocycles. The van der Waals surface area contributed by atoms with Crippen LogP contribution in [-0.2, 0) is 14.3 Å². The Bertz CT molecular complexity index is 959. The first-order chi connectivity index (χ1) is 18.7. The highest BCUT2D eigenvalue weighted by molar-refractivity contribution is 9.10. The maximum atomic E-state index is 12.8. The summed E-state index contributed by atoms with van der Waals surface area (Å²) < 4.78 is 11.7. The van der Waals surface area contributed by atoms with E-state index in [2.05, 4.69) is 33.5 Å². The molecule has 8 nitrogen and oxygen atoms in total. The van der Waals surface area contributed by atoms with Crippen LogP contribution in [0.1, 0.15) is 102 Å². The molecule has 2 N–H and O–H groups in total. The van der Waals surface area contributed by atoms with Gasteiger partial charge in [0.2, 0.25) is 5.91 Å². The van der Waals surface area contributed by atoms with Gasteiger partial charge in [0.05, 0.1) is 23.6 Å². The van der Waals surface area contributed by atoms with Crippen LogP contribution in [0.25, 0.3) is 0 Å². The number of ether oxygens (including phenoxy) is 2. The van der Waals surface area contributed by atoms with Crippen LogP contribution in [0.2, 0.25) is 0 Å². The molecule has 0 radical (unpaired) electrons. The number of hydrogen-bond acceptors (Lipinski definition) is 6. The summed E-state index contributed by atoms with van der Waals surface area (Å²) in [5.74, 6) is -0.540. The second kappa shape index (κ2) is 18.2. The lowest BCUT2D eigenvalue weighted by Gasteiger charge is -2.36. The molecule has 0 bridgehead atoms. The lowest BCUT2D eigenvalue weighted by atomic mass is 10.1. The van der Waals surface area contributed by atoms with Crippen LogP contribution >= 0.6 is 28.1 Å². The van der Waals surface area contributed by atoms with Gasteiger partial charge in [-0.2, -0.15) is 0 Å². The molecule has 2 amide bonds. The zero-order chi connectivity index (χ0) is 28.6. The van der Waals surface area contributed by atoms with E-state index in [9.17, 15) is 14.4 Å². The average Bonchev–Trinajstić information content (AvgIpc) is 2.89. The van der Waals surface area contributed by atoms with E-state index in [1.165, 1.54) is 44.9 Å². The number of halogens is 1. The van der Waals surface area contributed by atoms with Crippen LogP contribution in [0.5, 0.6) is 5.75 Å². The first-order valence-electron chi connectivity index (χ1n) is 14.2. The number of carbonyl (C=O) groups is 3. The van der Waals surface area contributed by atoms with Gasteiger partial charge in [0.15, 0.2) is 5.11 Å². The van der Waals surface area contributed by atoms with Gasteiger partial charge in [0.1, 0.15) is 11.8 Å². The standard InChI is InChI=1S/C29H44BrN3O5S/c1-4-5-6-7-8-9-10-11-12-13-18-37-26(34)20-24-28(36)31-16-17-33(24)29(39)32-27(35)22-14-15-25(23(30)19-22)38-21(2)3/h14-15,19,21,24H,4-13,16-18,20H2,1-3H3,(H,31,36)(H,32,35,39). The van der Waals surface area contributed by atoms with E-state index in [1.54, 1.807) is 23.1 Å². The number of unbranched alkanes of at least 4 members (excludes halogenated alkanes) is 9. The van der Waals surface area contributed by atoms with E-state index in [0.29, 0.717) is 35.5 Å². The van der Waals surface area contributed by atoms with Crippen molar-refractivity contribution in [2.45, 2.75) is 104 Å². The van der Waals surface area contributed by atoms with Gasteiger partial charge in [-0.25, -0.2) is 0 Å². The fourth-order valence-electron chi connectivity index (χ4n) is 4.39. The fraction of sp³-hybridized carbons (Fsp3) is 0.655. The SMILES string of the molecule is CCCCCCCCCCCCOC(=O)CC1C(=O)NCCN1C(=S)NC(=O)c1ccc(OC(C)C)c(Br)c1. The van der Waals surface area contributed by atoms with Crippen LogP contribution in [-0.4, -0.2) is 59.6 Å². The normalized spacial score (nSPS) is 15.2. The van der Waals surface area contributed by atoms with Crippen molar-refractivity contribution in [2.24, 2.45) is 0 Å². The monoisotopic (exact) mass is 625 g/mol. The quantitative estimate of drug-likeness (QED) is 0.134. The van der Waals surface area contributed by atoms with Gasteiger partial charge in [-0.3, -0.25) is 19.7 Å². The largest absolute Gasteiger partial charge is 0.490 e. The first-order valence-corrected chi connectivity index (χ1v) is 15.4. The number of esters is 1. The number of thiocarbonyl (C=S) groups is 1. The lowest BCUT2D eigenvalue weighted by Crippen LogP contribution is -2.60. The minimum absolute atomic E-state index is 0.00247. The highest BCUT2D eigenvalue weighted by Gasteiger charge is 2.34. The molecule has 1 heterocycles. The summed E-state index contributed by atoms with van der Waals surface area (Å²) in [5, 5.41) is 5.56. The number of benzene rings is 1. The third-order valence-electron chi connectivity index (χ3n) is 6.49. The van der Waals surface area contributed by atoms with E-state index in [4.69, 9.17) is 21.7 Å². The van der Waals surface area contributed by atoms with Gasteiger partial charge in [0.25, 0.3) is 5.91 Å². The van der Waals surface area contributed by atoms with Crippen molar-refractivity contribution in [3.63, 3.8) is 0 Å². The van der Waals surface area contributed by atoms with Gasteiger partial charge in [-0.15, -0.1) is 0 Å². The van der Waals surface area contributed by atoms with Gasteiger partial charge in [-0.1, -0.05) is 64.7 Å². The third-order valence-corrected chi connectivity index (χ3v) is 7.45. The summed E-state index contributed by atoms with van der Waals surface area (Å²) in [6.07, 6.45) is 11.9. The summed E-state index contributed by atoms with van der Waals surface area (Å²) in [6, 6.07) is 4.18. The van der Waals surface area contributed by atoms with Crippen LogP contribution in [0.15, 0.2) is 22.7 Å². The Labute approximate surface area is 247 Å². The first kappa shape index (κ1) is 33.0. The molecule has 0 saturated carbocycles. The number of nitrogens with zero attached hydrogens (tertiary/aromatic N) is 1. The minimum atomic E-state index is -0.833. The smallest absolute Gasteiger partial charge is 0.308 e. The molecule has 1 aromatic carbocycles. The van der Waals surface area contributed by atoms with Crippen LogP contribution < -0.4 is 15.4 Å². The molecule has 1 atom stereocenters.